The molecule has 0 atom stereocenters. The Hall–Kier alpha value is 1.02. The average Bonchev–Trinajstić information content (AvgIpc) is 0.918. The van der Waals surface area contributed by atoms with Crippen LogP contribution in [0.5, 0.6) is 0 Å². The molecule has 1 nitrogen and oxygen atoms in total. The number of hydrogen-bond donors (Lipinski definition) is 0. The van der Waals surface area contributed by atoms with E-state index in [0.29, 0.717) is 4.88 Å². The predicted octanol–water partition coefficient (Wildman–Crippen LogP) is 0.341. The van der Waals surface area contributed by atoms with E-state index in [9.17, 15) is 0 Å². The van der Waals surface area contributed by atoms with Crippen LogP contribution in [0.25, 0.3) is 0 Å². The first-order valence-electron chi connectivity index (χ1n) is 0.440. The van der Waals surface area contributed by atoms with Crippen molar-refractivity contribution in [2.45, 2.75) is 0 Å². The molecule has 0 aliphatic carbocycles. The Kier molecular flexibility index (Phi) is 20.0. The summed E-state index contributed by atoms with van der Waals surface area (Å²) in [5, 5.41) is 0. The summed E-state index contributed by atoms with van der Waals surface area (Å²) in [6.07, 6.45) is 0. The first kappa shape index (κ1) is 8.90. The van der Waals surface area contributed by atoms with Gasteiger partial charge < -0.3 is 0 Å². The number of carbonyl (C=O) groups excluding carboxylic acids is 1. The van der Waals surface area contributed by atoms with Crippen LogP contribution in [-0.4, -0.2) is 4.88 Å². The molecule has 0 aromatic heterocycles. The summed E-state index contributed by atoms with van der Waals surface area (Å²) < 4.78 is 0. The van der Waals surface area contributed by atoms with Crippen molar-refractivity contribution >= 4 is 28.9 Å². The van der Waals surface area contributed by atoms with Crippen molar-refractivity contribution < 1.29 is 23.1 Å². The van der Waals surface area contributed by atoms with Crippen molar-refractivity contribution in [3.63, 3.8) is 0 Å². The zero-order valence-corrected chi connectivity index (χ0v) is 5.82. The van der Waals surface area contributed by atoms with Crippen LogP contribution in [0, 0.1) is 0 Å². The molecule has 0 amide bonds. The van der Waals surface area contributed by atoms with Crippen LogP contribution in [0.4, 0.5) is 0 Å². The SMILES string of the molecule is I.O=[CH][Ru]. The van der Waals surface area contributed by atoms with E-state index < -0.39 is 0 Å². The molecule has 0 spiro atoms. The molecule has 0 aromatic rings. The predicted molar refractivity (Wildman–Crippen MR) is 22.2 cm³/mol. The van der Waals surface area contributed by atoms with Crippen molar-refractivity contribution in [2.75, 3.05) is 0 Å². The molecule has 0 heterocycles. The third kappa shape index (κ3) is 11.8. The van der Waals surface area contributed by atoms with E-state index in [4.69, 9.17) is 4.79 Å². The second kappa shape index (κ2) is 8.98. The summed E-state index contributed by atoms with van der Waals surface area (Å²) in [5.74, 6) is 0. The normalized spacial score (nSPS) is 3.25. The number of carbonyl (C=O) groups is 1. The molecule has 0 aliphatic heterocycles. The van der Waals surface area contributed by atoms with Gasteiger partial charge in [0.2, 0.25) is 0 Å². The molecule has 0 N–H and O–H groups in total. The van der Waals surface area contributed by atoms with Gasteiger partial charge in [0, 0.05) is 0 Å². The Morgan fingerprint density at radius 3 is 1.75 bits per heavy atom. The number of rotatable bonds is 0. The monoisotopic (exact) mass is 259 g/mol. The van der Waals surface area contributed by atoms with Crippen LogP contribution >= 0.6 is 24.0 Å². The van der Waals surface area contributed by atoms with Crippen LogP contribution in [0.1, 0.15) is 0 Å². The van der Waals surface area contributed by atoms with Crippen LogP contribution in [0.15, 0.2) is 0 Å². The second-order valence-corrected chi connectivity index (χ2v) is 0.493. The van der Waals surface area contributed by atoms with Gasteiger partial charge in [-0.3, -0.25) is 0 Å². The molecule has 0 rings (SSSR count). The molecule has 0 fully saturated rings. The topological polar surface area (TPSA) is 17.1 Å². The molecule has 3 heteroatoms. The molecule has 0 saturated carbocycles. The Balaban J connectivity index is 0. The maximum absolute atomic E-state index is 8.77. The molecule has 0 bridgehead atoms. The Labute approximate surface area is 51.8 Å². The minimum atomic E-state index is 0. The van der Waals surface area contributed by atoms with E-state index in [-0.39, 0.29) is 24.0 Å². The second-order valence-electron chi connectivity index (χ2n) is 0.0833. The van der Waals surface area contributed by atoms with E-state index in [0.717, 1.165) is 0 Å². The van der Waals surface area contributed by atoms with Crippen molar-refractivity contribution in [3.05, 3.63) is 0 Å². The number of halogens is 1. The molecule has 0 radical (unpaired) electrons. The van der Waals surface area contributed by atoms with Crippen molar-refractivity contribution in [3.8, 4) is 0 Å². The van der Waals surface area contributed by atoms with E-state index in [1.165, 1.54) is 0 Å². The summed E-state index contributed by atoms with van der Waals surface area (Å²) in [7, 11) is 0. The molecular formula is CH2IORu. The first-order valence-corrected chi connectivity index (χ1v) is 1.44. The van der Waals surface area contributed by atoms with Gasteiger partial charge in [-0.1, -0.05) is 0 Å². The van der Waals surface area contributed by atoms with E-state index in [1.807, 2.05) is 18.3 Å². The Bertz CT molecular complexity index is 15.5. The molecule has 27 valence electrons. The third-order valence-electron chi connectivity index (χ3n) is 0. The van der Waals surface area contributed by atoms with E-state index in [2.05, 4.69) is 0 Å². The van der Waals surface area contributed by atoms with Crippen molar-refractivity contribution in [1.29, 1.82) is 0 Å². The average molecular weight is 258 g/mol. The van der Waals surface area contributed by atoms with Gasteiger partial charge in [-0.05, 0) is 0 Å². The van der Waals surface area contributed by atoms with E-state index >= 15 is 0 Å². The third-order valence-corrected chi connectivity index (χ3v) is 0. The molecular weight excluding hydrogens is 256 g/mol. The van der Waals surface area contributed by atoms with Gasteiger partial charge in [-0.15, -0.1) is 24.0 Å². The van der Waals surface area contributed by atoms with Crippen molar-refractivity contribution in [1.82, 2.24) is 0 Å². The van der Waals surface area contributed by atoms with Gasteiger partial charge >= 0.3 is 28.0 Å². The molecule has 0 unspecified atom stereocenters. The molecule has 0 aliphatic rings. The molecule has 0 aromatic carbocycles. The van der Waals surface area contributed by atoms with Crippen LogP contribution in [0.2, 0.25) is 0 Å². The fourth-order valence-corrected chi connectivity index (χ4v) is 0. The fraction of sp³-hybridized carbons (Fsp3) is 0. The summed E-state index contributed by atoms with van der Waals surface area (Å²) in [6, 6.07) is 0. The van der Waals surface area contributed by atoms with Crippen molar-refractivity contribution in [2.24, 2.45) is 0 Å². The Morgan fingerprint density at radius 1 is 1.75 bits per heavy atom. The fourth-order valence-electron chi connectivity index (χ4n) is 0. The zero-order valence-electron chi connectivity index (χ0n) is 1.75. The minimum absolute atomic E-state index is 0. The summed E-state index contributed by atoms with van der Waals surface area (Å²) >= 11 is 1.83. The van der Waals surface area contributed by atoms with Crippen LogP contribution in [0.3, 0.4) is 0 Å². The van der Waals surface area contributed by atoms with Gasteiger partial charge in [-0.25, -0.2) is 0 Å². The molecule has 0 saturated heterocycles. The van der Waals surface area contributed by atoms with Gasteiger partial charge in [0.1, 0.15) is 0 Å². The van der Waals surface area contributed by atoms with Gasteiger partial charge in [-0.2, -0.15) is 0 Å². The van der Waals surface area contributed by atoms with Gasteiger partial charge in [0.05, 0.1) is 0 Å². The summed E-state index contributed by atoms with van der Waals surface area (Å²) in [5.41, 5.74) is 0. The summed E-state index contributed by atoms with van der Waals surface area (Å²) in [6.45, 7) is 0. The van der Waals surface area contributed by atoms with Crippen LogP contribution < -0.4 is 0 Å². The quantitative estimate of drug-likeness (QED) is 0.348. The first-order chi connectivity index (χ1) is 1.41. The Morgan fingerprint density at radius 2 is 1.75 bits per heavy atom. The van der Waals surface area contributed by atoms with Crippen LogP contribution in [-0.2, 0) is 23.1 Å². The zero-order chi connectivity index (χ0) is 2.71. The maximum atomic E-state index is 8.77. The standard InChI is InChI=1S/CHO.HI.Ru/c1-2;;/h1H;1H;. The van der Waals surface area contributed by atoms with Gasteiger partial charge in [0.25, 0.3) is 0 Å². The van der Waals surface area contributed by atoms with E-state index in [1.54, 1.807) is 0 Å². The van der Waals surface area contributed by atoms with Gasteiger partial charge in [0.15, 0.2) is 0 Å². The number of hydrogen-bond acceptors (Lipinski definition) is 1. The summed E-state index contributed by atoms with van der Waals surface area (Å²) in [4.78, 5) is 9.45. The molecule has 4 heavy (non-hydrogen) atoms.